The van der Waals surface area contributed by atoms with Crippen LogP contribution in [0.15, 0.2) is 36.4 Å². The van der Waals surface area contributed by atoms with Crippen molar-refractivity contribution in [3.05, 3.63) is 62.8 Å². The molecule has 19 heavy (non-hydrogen) atoms. The first-order valence-electron chi connectivity index (χ1n) is 5.64. The van der Waals surface area contributed by atoms with E-state index >= 15 is 0 Å². The molecule has 0 bridgehead atoms. The molecule has 1 atom stereocenters. The minimum Gasteiger partial charge on any atom is -0.377 e. The fourth-order valence-corrected chi connectivity index (χ4v) is 2.36. The second-order valence-electron chi connectivity index (χ2n) is 4.16. The first kappa shape index (κ1) is 14.4. The Morgan fingerprint density at radius 2 is 1.74 bits per heavy atom. The van der Waals surface area contributed by atoms with Crippen LogP contribution in [0.3, 0.4) is 0 Å². The lowest BCUT2D eigenvalue weighted by Gasteiger charge is -2.17. The summed E-state index contributed by atoms with van der Waals surface area (Å²) in [4.78, 5) is 0. The van der Waals surface area contributed by atoms with Gasteiger partial charge in [-0.15, -0.1) is 0 Å². The van der Waals surface area contributed by atoms with Gasteiger partial charge in [-0.3, -0.25) is 0 Å². The summed E-state index contributed by atoms with van der Waals surface area (Å²) in [7, 11) is 0. The van der Waals surface area contributed by atoms with Crippen molar-refractivity contribution in [2.24, 2.45) is 0 Å². The molecule has 0 radical (unpaired) electrons. The van der Waals surface area contributed by atoms with E-state index < -0.39 is 5.82 Å². The Morgan fingerprint density at radius 3 is 2.37 bits per heavy atom. The Kier molecular flexibility index (Phi) is 4.56. The van der Waals surface area contributed by atoms with E-state index in [0.29, 0.717) is 10.0 Å². The third kappa shape index (κ3) is 3.53. The fourth-order valence-electron chi connectivity index (χ4n) is 1.70. The van der Waals surface area contributed by atoms with Crippen LogP contribution in [0.25, 0.3) is 0 Å². The maximum Gasteiger partial charge on any atom is 0.141 e. The molecule has 0 heterocycles. The second kappa shape index (κ2) is 6.00. The molecule has 0 aromatic heterocycles. The highest BCUT2D eigenvalue weighted by atomic mass is 35.5. The summed E-state index contributed by atoms with van der Waals surface area (Å²) in [5.74, 6) is -0.429. The maximum atomic E-state index is 13.1. The zero-order valence-electron chi connectivity index (χ0n) is 10.1. The van der Waals surface area contributed by atoms with Gasteiger partial charge in [0.2, 0.25) is 0 Å². The predicted molar refractivity (Wildman–Crippen MR) is 79.9 cm³/mol. The van der Waals surface area contributed by atoms with Crippen LogP contribution < -0.4 is 5.32 Å². The van der Waals surface area contributed by atoms with Crippen molar-refractivity contribution in [2.75, 3.05) is 5.32 Å². The third-order valence-corrected chi connectivity index (χ3v) is 3.58. The molecule has 0 aliphatic carbocycles. The molecule has 0 amide bonds. The van der Waals surface area contributed by atoms with E-state index in [0.717, 1.165) is 11.3 Å². The van der Waals surface area contributed by atoms with Crippen molar-refractivity contribution >= 4 is 40.5 Å². The Balaban J connectivity index is 2.20. The van der Waals surface area contributed by atoms with Crippen LogP contribution in [-0.4, -0.2) is 0 Å². The molecule has 5 heteroatoms. The molecule has 1 N–H and O–H groups in total. The minimum absolute atomic E-state index is 0.0585. The predicted octanol–water partition coefficient (Wildman–Crippen LogP) is 5.96. The summed E-state index contributed by atoms with van der Waals surface area (Å²) < 4.78 is 13.1. The van der Waals surface area contributed by atoms with E-state index in [1.165, 1.54) is 6.07 Å². The molecule has 0 saturated heterocycles. The third-order valence-electron chi connectivity index (χ3n) is 2.75. The standard InChI is InChI=1S/C14H11Cl3FN/c1-8(9-2-4-13(18)11(16)6-9)19-14-5-3-10(15)7-12(14)17/h2-8,19H,1H3. The maximum absolute atomic E-state index is 13.1. The molecule has 0 aliphatic rings. The topological polar surface area (TPSA) is 12.0 Å². The SMILES string of the molecule is CC(Nc1ccc(Cl)cc1Cl)c1ccc(F)c(Cl)c1. The lowest BCUT2D eigenvalue weighted by molar-refractivity contribution is 0.627. The van der Waals surface area contributed by atoms with Gasteiger partial charge in [0.15, 0.2) is 0 Å². The van der Waals surface area contributed by atoms with Gasteiger partial charge < -0.3 is 5.32 Å². The largest absolute Gasteiger partial charge is 0.377 e. The highest BCUT2D eigenvalue weighted by Gasteiger charge is 2.10. The van der Waals surface area contributed by atoms with Crippen LogP contribution in [-0.2, 0) is 0 Å². The molecule has 2 rings (SSSR count). The van der Waals surface area contributed by atoms with Gasteiger partial charge in [0.25, 0.3) is 0 Å². The van der Waals surface area contributed by atoms with E-state index in [4.69, 9.17) is 34.8 Å². The van der Waals surface area contributed by atoms with E-state index in [-0.39, 0.29) is 11.1 Å². The zero-order valence-corrected chi connectivity index (χ0v) is 12.3. The highest BCUT2D eigenvalue weighted by molar-refractivity contribution is 6.36. The van der Waals surface area contributed by atoms with Gasteiger partial charge in [0.05, 0.1) is 15.7 Å². The quantitative estimate of drug-likeness (QED) is 0.736. The Bertz CT molecular complexity index is 601. The molecule has 0 spiro atoms. The van der Waals surface area contributed by atoms with E-state index in [9.17, 15) is 4.39 Å². The Labute approximate surface area is 126 Å². The van der Waals surface area contributed by atoms with Crippen LogP contribution >= 0.6 is 34.8 Å². The van der Waals surface area contributed by atoms with Gasteiger partial charge in [-0.1, -0.05) is 40.9 Å². The molecule has 0 fully saturated rings. The smallest absolute Gasteiger partial charge is 0.141 e. The van der Waals surface area contributed by atoms with Crippen molar-refractivity contribution < 1.29 is 4.39 Å². The molecule has 2 aromatic rings. The van der Waals surface area contributed by atoms with Crippen molar-refractivity contribution in [1.29, 1.82) is 0 Å². The Morgan fingerprint density at radius 1 is 1.00 bits per heavy atom. The van der Waals surface area contributed by atoms with Crippen LogP contribution in [0, 0.1) is 5.82 Å². The zero-order chi connectivity index (χ0) is 14.0. The van der Waals surface area contributed by atoms with Gasteiger partial charge >= 0.3 is 0 Å². The van der Waals surface area contributed by atoms with Gasteiger partial charge in [-0.25, -0.2) is 4.39 Å². The first-order valence-corrected chi connectivity index (χ1v) is 6.77. The number of rotatable bonds is 3. The number of nitrogens with one attached hydrogen (secondary N) is 1. The molecule has 2 aromatic carbocycles. The summed E-state index contributed by atoms with van der Waals surface area (Å²) in [6, 6.07) is 9.78. The van der Waals surface area contributed by atoms with Gasteiger partial charge in [0.1, 0.15) is 5.82 Å². The van der Waals surface area contributed by atoms with Crippen molar-refractivity contribution in [1.82, 2.24) is 0 Å². The van der Waals surface area contributed by atoms with Crippen LogP contribution in [0.2, 0.25) is 15.1 Å². The molecule has 1 nitrogen and oxygen atoms in total. The molecule has 0 saturated carbocycles. The van der Waals surface area contributed by atoms with Crippen molar-refractivity contribution in [2.45, 2.75) is 13.0 Å². The normalized spacial score (nSPS) is 12.3. The highest BCUT2D eigenvalue weighted by Crippen LogP contribution is 2.29. The van der Waals surface area contributed by atoms with E-state index in [2.05, 4.69) is 5.32 Å². The summed E-state index contributed by atoms with van der Waals surface area (Å²) in [6.45, 7) is 1.94. The fraction of sp³-hybridized carbons (Fsp3) is 0.143. The summed E-state index contributed by atoms with van der Waals surface area (Å²) in [5, 5.41) is 4.45. The lowest BCUT2D eigenvalue weighted by Crippen LogP contribution is -2.07. The van der Waals surface area contributed by atoms with Gasteiger partial charge in [0, 0.05) is 11.1 Å². The number of benzene rings is 2. The van der Waals surface area contributed by atoms with E-state index in [1.807, 2.05) is 6.92 Å². The van der Waals surface area contributed by atoms with E-state index in [1.54, 1.807) is 30.3 Å². The number of anilines is 1. The molecule has 1 unspecified atom stereocenters. The number of hydrogen-bond acceptors (Lipinski definition) is 1. The first-order chi connectivity index (χ1) is 8.97. The monoisotopic (exact) mass is 317 g/mol. The summed E-state index contributed by atoms with van der Waals surface area (Å²) in [6.07, 6.45) is 0. The molecular weight excluding hydrogens is 308 g/mol. The lowest BCUT2D eigenvalue weighted by atomic mass is 10.1. The summed E-state index contributed by atoms with van der Waals surface area (Å²) in [5.41, 5.74) is 1.64. The van der Waals surface area contributed by atoms with Gasteiger partial charge in [-0.05, 0) is 42.8 Å². The van der Waals surface area contributed by atoms with Gasteiger partial charge in [-0.2, -0.15) is 0 Å². The average Bonchev–Trinajstić information content (AvgIpc) is 2.36. The van der Waals surface area contributed by atoms with Crippen LogP contribution in [0.4, 0.5) is 10.1 Å². The molecule has 0 aliphatic heterocycles. The van der Waals surface area contributed by atoms with Crippen molar-refractivity contribution in [3.63, 3.8) is 0 Å². The molecular formula is C14H11Cl3FN. The summed E-state index contributed by atoms with van der Waals surface area (Å²) >= 11 is 17.7. The van der Waals surface area contributed by atoms with Crippen LogP contribution in [0.1, 0.15) is 18.5 Å². The number of hydrogen-bond donors (Lipinski definition) is 1. The Hall–Kier alpha value is -0.960. The molecule has 100 valence electrons. The van der Waals surface area contributed by atoms with Crippen molar-refractivity contribution in [3.8, 4) is 0 Å². The number of halogens is 4. The van der Waals surface area contributed by atoms with Crippen LogP contribution in [0.5, 0.6) is 0 Å². The average molecular weight is 319 g/mol. The second-order valence-corrected chi connectivity index (χ2v) is 5.41. The minimum atomic E-state index is -0.429.